The van der Waals surface area contributed by atoms with Gasteiger partial charge in [0.2, 0.25) is 0 Å². The minimum Gasteiger partial charge on any atom is -0.459 e. The Kier molecular flexibility index (Phi) is 6.17. The highest BCUT2D eigenvalue weighted by molar-refractivity contribution is 6.04. The summed E-state index contributed by atoms with van der Waals surface area (Å²) in [4.78, 5) is 38.9. The fourth-order valence-electron chi connectivity index (χ4n) is 2.67. The van der Waals surface area contributed by atoms with Gasteiger partial charge in [-0.25, -0.2) is 0 Å². The number of benzene rings is 2. The first kappa shape index (κ1) is 20.7. The number of rotatable bonds is 5. The number of aryl methyl sites for hydroxylation is 1. The Hall–Kier alpha value is -4.07. The van der Waals surface area contributed by atoms with Crippen LogP contribution < -0.4 is 21.1 Å². The van der Waals surface area contributed by atoms with Crippen molar-refractivity contribution in [3.63, 3.8) is 0 Å². The van der Waals surface area contributed by atoms with Gasteiger partial charge >= 0.3 is 0 Å². The zero-order chi connectivity index (χ0) is 21.7. The third-order valence-corrected chi connectivity index (χ3v) is 4.41. The molecule has 3 amide bonds. The van der Waals surface area contributed by atoms with E-state index in [1.54, 1.807) is 49.4 Å². The molecule has 8 heteroatoms. The fourth-order valence-corrected chi connectivity index (χ4v) is 2.67. The van der Waals surface area contributed by atoms with E-state index in [1.807, 2.05) is 25.1 Å². The van der Waals surface area contributed by atoms with Crippen molar-refractivity contribution in [2.75, 3.05) is 24.3 Å². The van der Waals surface area contributed by atoms with Crippen molar-refractivity contribution in [3.8, 4) is 0 Å². The molecule has 0 aliphatic heterocycles. The molecule has 8 nitrogen and oxygen atoms in total. The Morgan fingerprint density at radius 2 is 1.53 bits per heavy atom. The predicted octanol–water partition coefficient (Wildman–Crippen LogP) is 2.98. The van der Waals surface area contributed by atoms with Crippen LogP contribution in [0.3, 0.4) is 0 Å². The lowest BCUT2D eigenvalue weighted by Gasteiger charge is -2.14. The average Bonchev–Trinajstić information content (AvgIpc) is 3.28. The van der Waals surface area contributed by atoms with E-state index in [4.69, 9.17) is 4.42 Å². The molecule has 1 heterocycles. The molecule has 3 aromatic rings. The summed E-state index contributed by atoms with van der Waals surface area (Å²) in [6, 6.07) is 15.0. The number of nitrogens with one attached hydrogen (secondary N) is 3. The second kappa shape index (κ2) is 8.95. The van der Waals surface area contributed by atoms with Crippen LogP contribution in [0.25, 0.3) is 0 Å². The normalized spacial score (nSPS) is 10.2. The van der Waals surface area contributed by atoms with Gasteiger partial charge in [0.25, 0.3) is 17.7 Å². The number of amides is 3. The summed E-state index contributed by atoms with van der Waals surface area (Å²) in [5, 5.41) is 2.71. The van der Waals surface area contributed by atoms with Crippen LogP contribution in [0.1, 0.15) is 36.8 Å². The first-order valence-corrected chi connectivity index (χ1v) is 9.18. The van der Waals surface area contributed by atoms with Crippen LogP contribution in [0.15, 0.2) is 65.3 Å². The number of hydrogen-bond acceptors (Lipinski definition) is 5. The molecular weight excluding hydrogens is 384 g/mol. The van der Waals surface area contributed by atoms with Crippen LogP contribution in [-0.2, 0) is 0 Å². The molecule has 0 fully saturated rings. The summed E-state index contributed by atoms with van der Waals surface area (Å²) in [7, 11) is 3.75. The Morgan fingerprint density at radius 1 is 0.833 bits per heavy atom. The second-order valence-electron chi connectivity index (χ2n) is 6.81. The zero-order valence-electron chi connectivity index (χ0n) is 16.9. The number of anilines is 2. The highest BCUT2D eigenvalue weighted by Crippen LogP contribution is 2.18. The van der Waals surface area contributed by atoms with E-state index in [2.05, 4.69) is 16.2 Å². The van der Waals surface area contributed by atoms with Crippen LogP contribution >= 0.6 is 0 Å². The minimum absolute atomic E-state index is 0.163. The highest BCUT2D eigenvalue weighted by Gasteiger charge is 2.14. The van der Waals surface area contributed by atoms with Gasteiger partial charge in [0.15, 0.2) is 5.76 Å². The van der Waals surface area contributed by atoms with Gasteiger partial charge < -0.3 is 14.6 Å². The largest absolute Gasteiger partial charge is 0.459 e. The second-order valence-corrected chi connectivity index (χ2v) is 6.81. The lowest BCUT2D eigenvalue weighted by molar-refractivity contribution is 0.0846. The van der Waals surface area contributed by atoms with Crippen LogP contribution in [0, 0.1) is 6.92 Å². The summed E-state index contributed by atoms with van der Waals surface area (Å²) in [6.45, 7) is 1.80. The number of hydrazine groups is 1. The summed E-state index contributed by atoms with van der Waals surface area (Å²) in [5.74, 6) is -1.21. The maximum atomic E-state index is 12.5. The molecule has 1 aromatic heterocycles. The van der Waals surface area contributed by atoms with Crippen LogP contribution in [-0.4, -0.2) is 31.8 Å². The highest BCUT2D eigenvalue weighted by atomic mass is 16.3. The molecule has 0 bridgehead atoms. The number of carbonyl (C=O) groups is 3. The molecule has 3 N–H and O–H groups in total. The number of hydrogen-bond donors (Lipinski definition) is 3. The first-order chi connectivity index (χ1) is 14.3. The summed E-state index contributed by atoms with van der Waals surface area (Å²) < 4.78 is 5.07. The standard InChI is InChI=1S/C22H22N4O4/c1-14-9-10-16(13-18(14)23-22(29)19-8-5-11-30-19)21(28)25-24-20(27)15-6-4-7-17(12-15)26(2)3/h4-13H,1-3H3,(H,23,29)(H,24,27)(H,25,28). The lowest BCUT2D eigenvalue weighted by atomic mass is 10.1. The van der Waals surface area contributed by atoms with Gasteiger partial charge in [-0.05, 0) is 55.0 Å². The lowest BCUT2D eigenvalue weighted by Crippen LogP contribution is -2.41. The average molecular weight is 406 g/mol. The number of furan rings is 1. The molecule has 0 unspecified atom stereocenters. The van der Waals surface area contributed by atoms with Gasteiger partial charge in [0.05, 0.1) is 6.26 Å². The molecule has 2 aromatic carbocycles. The van der Waals surface area contributed by atoms with Crippen LogP contribution in [0.5, 0.6) is 0 Å². The third kappa shape index (κ3) is 4.85. The Morgan fingerprint density at radius 3 is 2.17 bits per heavy atom. The Balaban J connectivity index is 1.66. The Labute approximate surface area is 173 Å². The van der Waals surface area contributed by atoms with E-state index in [9.17, 15) is 14.4 Å². The van der Waals surface area contributed by atoms with E-state index in [-0.39, 0.29) is 11.3 Å². The van der Waals surface area contributed by atoms with Crippen molar-refractivity contribution < 1.29 is 18.8 Å². The van der Waals surface area contributed by atoms with E-state index < -0.39 is 17.7 Å². The molecule has 0 spiro atoms. The summed E-state index contributed by atoms with van der Waals surface area (Å²) >= 11 is 0. The van der Waals surface area contributed by atoms with Crippen molar-refractivity contribution in [3.05, 3.63) is 83.3 Å². The monoisotopic (exact) mass is 406 g/mol. The van der Waals surface area contributed by atoms with Gasteiger partial charge in [0, 0.05) is 36.6 Å². The minimum atomic E-state index is -0.513. The molecule has 3 rings (SSSR count). The van der Waals surface area contributed by atoms with Gasteiger partial charge in [-0.2, -0.15) is 0 Å². The van der Waals surface area contributed by atoms with Crippen molar-refractivity contribution >= 4 is 29.1 Å². The maximum absolute atomic E-state index is 12.5. The van der Waals surface area contributed by atoms with Gasteiger partial charge in [-0.15, -0.1) is 0 Å². The fraction of sp³-hybridized carbons (Fsp3) is 0.136. The van der Waals surface area contributed by atoms with Crippen LogP contribution in [0.2, 0.25) is 0 Å². The molecule has 0 saturated heterocycles. The quantitative estimate of drug-likeness (QED) is 0.565. The van der Waals surface area contributed by atoms with Crippen LogP contribution in [0.4, 0.5) is 11.4 Å². The van der Waals surface area contributed by atoms with Gasteiger partial charge in [0.1, 0.15) is 0 Å². The third-order valence-electron chi connectivity index (χ3n) is 4.41. The van der Waals surface area contributed by atoms with E-state index >= 15 is 0 Å². The van der Waals surface area contributed by atoms with Crippen molar-refractivity contribution in [2.24, 2.45) is 0 Å². The van der Waals surface area contributed by atoms with E-state index in [1.165, 1.54) is 12.3 Å². The first-order valence-electron chi connectivity index (χ1n) is 9.18. The number of carbonyl (C=O) groups excluding carboxylic acids is 3. The SMILES string of the molecule is Cc1ccc(C(=O)NNC(=O)c2cccc(N(C)C)c2)cc1NC(=O)c1ccco1. The zero-order valence-corrected chi connectivity index (χ0v) is 16.9. The maximum Gasteiger partial charge on any atom is 0.291 e. The van der Waals surface area contributed by atoms with Crippen molar-refractivity contribution in [1.82, 2.24) is 10.9 Å². The van der Waals surface area contributed by atoms with Gasteiger partial charge in [-0.3, -0.25) is 25.2 Å². The van der Waals surface area contributed by atoms with Gasteiger partial charge in [-0.1, -0.05) is 12.1 Å². The van der Waals surface area contributed by atoms with E-state index in [0.717, 1.165) is 11.3 Å². The van der Waals surface area contributed by atoms with Crippen molar-refractivity contribution in [2.45, 2.75) is 6.92 Å². The summed E-state index contributed by atoms with van der Waals surface area (Å²) in [6.07, 6.45) is 1.41. The molecular formula is C22H22N4O4. The topological polar surface area (TPSA) is 104 Å². The molecule has 0 aliphatic carbocycles. The Bertz CT molecular complexity index is 1070. The molecule has 0 atom stereocenters. The predicted molar refractivity (Wildman–Crippen MR) is 114 cm³/mol. The molecule has 30 heavy (non-hydrogen) atoms. The summed E-state index contributed by atoms with van der Waals surface area (Å²) in [5.41, 5.74) is 7.59. The smallest absolute Gasteiger partial charge is 0.291 e. The molecule has 0 radical (unpaired) electrons. The van der Waals surface area contributed by atoms with E-state index in [0.29, 0.717) is 11.3 Å². The molecule has 0 saturated carbocycles. The molecule has 0 aliphatic rings. The molecule has 154 valence electrons. The number of nitrogens with zero attached hydrogens (tertiary/aromatic N) is 1. The van der Waals surface area contributed by atoms with Crippen molar-refractivity contribution in [1.29, 1.82) is 0 Å².